The van der Waals surface area contributed by atoms with Crippen molar-refractivity contribution in [2.75, 3.05) is 31.1 Å². The van der Waals surface area contributed by atoms with Crippen LogP contribution in [0.2, 0.25) is 0 Å². The molecule has 1 aliphatic heterocycles. The number of hydrogen-bond donors (Lipinski definition) is 2. The number of hydrogen-bond acceptors (Lipinski definition) is 6. The van der Waals surface area contributed by atoms with E-state index in [4.69, 9.17) is 15.2 Å². The van der Waals surface area contributed by atoms with Gasteiger partial charge in [0.2, 0.25) is 5.95 Å². The Kier molecular flexibility index (Phi) is 5.97. The summed E-state index contributed by atoms with van der Waals surface area (Å²) in [5.41, 5.74) is 6.24. The van der Waals surface area contributed by atoms with Crippen LogP contribution in [0.1, 0.15) is 15.9 Å². The first-order chi connectivity index (χ1) is 16.2. The minimum absolute atomic E-state index is 0.439. The lowest BCUT2D eigenvalue weighted by atomic mass is 10.1. The number of carbonyl (C=O) groups excluding carboxylic acids is 1. The maximum absolute atomic E-state index is 11.5. The zero-order chi connectivity index (χ0) is 22.6. The standard InChI is InChI=1S/C26H25N5O2/c32-25(29-33)21-12-10-19(11-13-21)18-30-14-16-31(17-15-30)26-27-23-9-5-4-8-22(23)24(28-26)20-6-2-1-3-7-20/h1-13,33H,14-18H2,(H,29,32). The molecule has 0 spiro atoms. The number of aromatic nitrogens is 2. The molecule has 7 nitrogen and oxygen atoms in total. The van der Waals surface area contributed by atoms with E-state index in [1.54, 1.807) is 17.6 Å². The molecule has 0 aliphatic carbocycles. The van der Waals surface area contributed by atoms with Crippen molar-refractivity contribution < 1.29 is 10.0 Å². The summed E-state index contributed by atoms with van der Waals surface area (Å²) in [4.78, 5) is 26.0. The summed E-state index contributed by atoms with van der Waals surface area (Å²) in [5, 5.41) is 9.81. The van der Waals surface area contributed by atoms with Gasteiger partial charge in [-0.3, -0.25) is 14.9 Å². The zero-order valence-electron chi connectivity index (χ0n) is 18.2. The Morgan fingerprint density at radius 2 is 1.55 bits per heavy atom. The minimum Gasteiger partial charge on any atom is -0.338 e. The average molecular weight is 440 g/mol. The first kappa shape index (κ1) is 21.1. The highest BCUT2D eigenvalue weighted by Crippen LogP contribution is 2.28. The fourth-order valence-corrected chi connectivity index (χ4v) is 4.21. The molecular weight excluding hydrogens is 414 g/mol. The van der Waals surface area contributed by atoms with Crippen LogP contribution in [0.3, 0.4) is 0 Å². The molecule has 1 aliphatic rings. The number of para-hydroxylation sites is 1. The third kappa shape index (κ3) is 4.55. The molecule has 0 saturated carbocycles. The van der Waals surface area contributed by atoms with Gasteiger partial charge in [-0.05, 0) is 23.8 Å². The Morgan fingerprint density at radius 1 is 0.848 bits per heavy atom. The lowest BCUT2D eigenvalue weighted by molar-refractivity contribution is 0.0706. The van der Waals surface area contributed by atoms with E-state index in [-0.39, 0.29) is 0 Å². The average Bonchev–Trinajstić information content (AvgIpc) is 2.89. The van der Waals surface area contributed by atoms with Gasteiger partial charge in [0.05, 0.1) is 11.2 Å². The molecule has 1 amide bonds. The SMILES string of the molecule is O=C(NO)c1ccc(CN2CCN(c3nc(-c4ccccc4)c4ccccc4n3)CC2)cc1. The van der Waals surface area contributed by atoms with Gasteiger partial charge in [0, 0.05) is 49.2 Å². The largest absolute Gasteiger partial charge is 0.338 e. The van der Waals surface area contributed by atoms with Crippen LogP contribution in [0.4, 0.5) is 5.95 Å². The molecule has 1 aromatic heterocycles. The third-order valence-electron chi connectivity index (χ3n) is 6.02. The number of carbonyl (C=O) groups is 1. The number of benzene rings is 3. The number of nitrogens with one attached hydrogen (secondary N) is 1. The van der Waals surface area contributed by atoms with Gasteiger partial charge in [-0.25, -0.2) is 15.4 Å². The molecule has 0 unspecified atom stereocenters. The predicted molar refractivity (Wildman–Crippen MR) is 128 cm³/mol. The van der Waals surface area contributed by atoms with Crippen LogP contribution in [0, 0.1) is 0 Å². The molecule has 166 valence electrons. The van der Waals surface area contributed by atoms with Crippen molar-refractivity contribution in [1.82, 2.24) is 20.3 Å². The monoisotopic (exact) mass is 439 g/mol. The zero-order valence-corrected chi connectivity index (χ0v) is 18.2. The Labute approximate surface area is 192 Å². The van der Waals surface area contributed by atoms with Crippen molar-refractivity contribution in [3.05, 3.63) is 90.0 Å². The normalized spacial score (nSPS) is 14.4. The lowest BCUT2D eigenvalue weighted by Gasteiger charge is -2.35. The minimum atomic E-state index is -0.500. The lowest BCUT2D eigenvalue weighted by Crippen LogP contribution is -2.46. The number of anilines is 1. The summed E-state index contributed by atoms with van der Waals surface area (Å²) in [6.45, 7) is 4.29. The number of rotatable bonds is 5. The highest BCUT2D eigenvalue weighted by molar-refractivity contribution is 5.93. The highest BCUT2D eigenvalue weighted by Gasteiger charge is 2.21. The van der Waals surface area contributed by atoms with Gasteiger partial charge in [0.15, 0.2) is 0 Å². The van der Waals surface area contributed by atoms with E-state index < -0.39 is 5.91 Å². The highest BCUT2D eigenvalue weighted by atomic mass is 16.5. The van der Waals surface area contributed by atoms with Crippen molar-refractivity contribution in [3.63, 3.8) is 0 Å². The van der Waals surface area contributed by atoms with Crippen molar-refractivity contribution >= 4 is 22.8 Å². The summed E-state index contributed by atoms with van der Waals surface area (Å²) in [5.74, 6) is 0.270. The molecule has 33 heavy (non-hydrogen) atoms. The Hall–Kier alpha value is -3.81. The topological polar surface area (TPSA) is 81.6 Å². The van der Waals surface area contributed by atoms with E-state index in [1.807, 2.05) is 48.5 Å². The van der Waals surface area contributed by atoms with Gasteiger partial charge >= 0.3 is 0 Å². The van der Waals surface area contributed by atoms with Crippen molar-refractivity contribution in [2.45, 2.75) is 6.54 Å². The molecular formula is C26H25N5O2. The van der Waals surface area contributed by atoms with Gasteiger partial charge < -0.3 is 4.90 Å². The molecule has 2 N–H and O–H groups in total. The quantitative estimate of drug-likeness (QED) is 0.364. The van der Waals surface area contributed by atoms with Crippen LogP contribution in [0.25, 0.3) is 22.2 Å². The van der Waals surface area contributed by atoms with Crippen LogP contribution in [0.15, 0.2) is 78.9 Å². The number of piperazine rings is 1. The maximum Gasteiger partial charge on any atom is 0.274 e. The number of fused-ring (bicyclic) bond motifs is 1. The van der Waals surface area contributed by atoms with Gasteiger partial charge in [0.25, 0.3) is 5.91 Å². The molecule has 0 atom stereocenters. The van der Waals surface area contributed by atoms with Gasteiger partial charge in [0.1, 0.15) is 0 Å². The van der Waals surface area contributed by atoms with E-state index in [0.29, 0.717) is 5.56 Å². The van der Waals surface area contributed by atoms with E-state index in [9.17, 15) is 4.79 Å². The molecule has 7 heteroatoms. The fraction of sp³-hybridized carbons (Fsp3) is 0.192. The second kappa shape index (κ2) is 9.36. The first-order valence-electron chi connectivity index (χ1n) is 11.0. The fourth-order valence-electron chi connectivity index (χ4n) is 4.21. The van der Waals surface area contributed by atoms with E-state index >= 15 is 0 Å². The number of hydroxylamine groups is 1. The summed E-state index contributed by atoms with van der Waals surface area (Å²) in [6, 6.07) is 25.7. The molecule has 1 fully saturated rings. The van der Waals surface area contributed by atoms with Gasteiger partial charge in [-0.15, -0.1) is 0 Å². The summed E-state index contributed by atoms with van der Waals surface area (Å²) >= 11 is 0. The van der Waals surface area contributed by atoms with Crippen LogP contribution < -0.4 is 10.4 Å². The Balaban J connectivity index is 1.31. The maximum atomic E-state index is 11.5. The molecule has 3 aromatic carbocycles. The summed E-state index contributed by atoms with van der Waals surface area (Å²) < 4.78 is 0. The Bertz CT molecular complexity index is 1250. The Morgan fingerprint density at radius 3 is 2.27 bits per heavy atom. The van der Waals surface area contributed by atoms with Crippen molar-refractivity contribution in [1.29, 1.82) is 0 Å². The van der Waals surface area contributed by atoms with Crippen LogP contribution in [-0.2, 0) is 6.54 Å². The third-order valence-corrected chi connectivity index (χ3v) is 6.02. The number of nitrogens with zero attached hydrogens (tertiary/aromatic N) is 4. The molecule has 0 bridgehead atoms. The van der Waals surface area contributed by atoms with Crippen molar-refractivity contribution in [3.8, 4) is 11.3 Å². The van der Waals surface area contributed by atoms with Crippen LogP contribution in [0.5, 0.6) is 0 Å². The van der Waals surface area contributed by atoms with Gasteiger partial charge in [-0.1, -0.05) is 60.7 Å². The summed E-state index contributed by atoms with van der Waals surface area (Å²) in [7, 11) is 0. The number of amides is 1. The first-order valence-corrected chi connectivity index (χ1v) is 11.0. The second-order valence-electron chi connectivity index (χ2n) is 8.16. The predicted octanol–water partition coefficient (Wildman–Crippen LogP) is 3.74. The van der Waals surface area contributed by atoms with E-state index in [1.165, 1.54) is 0 Å². The molecule has 2 heterocycles. The summed E-state index contributed by atoms with van der Waals surface area (Å²) in [6.07, 6.45) is 0. The van der Waals surface area contributed by atoms with Crippen LogP contribution in [-0.4, -0.2) is 52.2 Å². The molecule has 4 aromatic rings. The molecule has 1 saturated heterocycles. The van der Waals surface area contributed by atoms with Crippen LogP contribution >= 0.6 is 0 Å². The molecule has 0 radical (unpaired) electrons. The van der Waals surface area contributed by atoms with E-state index in [2.05, 4.69) is 28.0 Å². The van der Waals surface area contributed by atoms with Gasteiger partial charge in [-0.2, -0.15) is 0 Å². The second-order valence-corrected chi connectivity index (χ2v) is 8.16. The molecule has 5 rings (SSSR count). The van der Waals surface area contributed by atoms with Crippen molar-refractivity contribution in [2.24, 2.45) is 0 Å². The smallest absolute Gasteiger partial charge is 0.274 e. The van der Waals surface area contributed by atoms with E-state index in [0.717, 1.165) is 66.4 Å².